The molecule has 5 heteroatoms. The molecule has 1 aliphatic heterocycles. The topological polar surface area (TPSA) is 59.5 Å². The van der Waals surface area contributed by atoms with Crippen LogP contribution in [0.15, 0.2) is 79.0 Å². The van der Waals surface area contributed by atoms with Crippen LogP contribution in [-0.2, 0) is 11.2 Å². The number of carbonyl (C=O) groups excluding carboxylic acids is 2. The standard InChI is InChI=1S/C22H18N2O3/c25-20(17-10-6-7-14-23-17)21-22(26)24(15-13-16-8-2-1-3-9-16)18-11-4-5-12-19(18)27-21/h1-12,14,21H,13,15H2. The van der Waals surface area contributed by atoms with Gasteiger partial charge in [0, 0.05) is 12.7 Å². The number of pyridine rings is 1. The predicted octanol–water partition coefficient (Wildman–Crippen LogP) is 3.30. The smallest absolute Gasteiger partial charge is 0.276 e. The highest BCUT2D eigenvalue weighted by atomic mass is 16.5. The highest BCUT2D eigenvalue weighted by Crippen LogP contribution is 2.34. The summed E-state index contributed by atoms with van der Waals surface area (Å²) >= 11 is 0. The number of fused-ring (bicyclic) bond motifs is 1. The Morgan fingerprint density at radius 2 is 1.70 bits per heavy atom. The van der Waals surface area contributed by atoms with Gasteiger partial charge in [-0.15, -0.1) is 0 Å². The van der Waals surface area contributed by atoms with Gasteiger partial charge in [0.05, 0.1) is 5.69 Å². The summed E-state index contributed by atoms with van der Waals surface area (Å²) in [6.07, 6.45) is 0.998. The molecule has 5 nitrogen and oxygen atoms in total. The lowest BCUT2D eigenvalue weighted by molar-refractivity contribution is -0.124. The van der Waals surface area contributed by atoms with Crippen molar-refractivity contribution in [3.63, 3.8) is 0 Å². The molecule has 0 fully saturated rings. The summed E-state index contributed by atoms with van der Waals surface area (Å²) < 4.78 is 5.76. The van der Waals surface area contributed by atoms with Gasteiger partial charge >= 0.3 is 0 Å². The summed E-state index contributed by atoms with van der Waals surface area (Å²) in [5.74, 6) is -0.264. The first-order valence-corrected chi connectivity index (χ1v) is 8.80. The molecule has 1 unspecified atom stereocenters. The highest BCUT2D eigenvalue weighted by molar-refractivity contribution is 6.17. The zero-order valence-electron chi connectivity index (χ0n) is 14.6. The summed E-state index contributed by atoms with van der Waals surface area (Å²) in [7, 11) is 0. The molecule has 134 valence electrons. The molecule has 0 bridgehead atoms. The van der Waals surface area contributed by atoms with Gasteiger partial charge in [-0.05, 0) is 36.2 Å². The van der Waals surface area contributed by atoms with Crippen molar-refractivity contribution in [1.82, 2.24) is 4.98 Å². The van der Waals surface area contributed by atoms with Crippen molar-refractivity contribution in [2.75, 3.05) is 11.4 Å². The first-order chi connectivity index (χ1) is 13.2. The first-order valence-electron chi connectivity index (χ1n) is 8.80. The molecule has 0 spiro atoms. The van der Waals surface area contributed by atoms with Crippen LogP contribution in [0.5, 0.6) is 5.75 Å². The normalized spacial score (nSPS) is 15.8. The lowest BCUT2D eigenvalue weighted by atomic mass is 10.1. The Morgan fingerprint density at radius 3 is 2.48 bits per heavy atom. The fourth-order valence-corrected chi connectivity index (χ4v) is 3.14. The molecule has 0 radical (unpaired) electrons. The first kappa shape index (κ1) is 17.0. The average molecular weight is 358 g/mol. The molecule has 3 aromatic rings. The van der Waals surface area contributed by atoms with Gasteiger partial charge in [-0.1, -0.05) is 48.5 Å². The minimum absolute atomic E-state index is 0.221. The lowest BCUT2D eigenvalue weighted by Gasteiger charge is -2.33. The van der Waals surface area contributed by atoms with Crippen molar-refractivity contribution in [2.45, 2.75) is 12.5 Å². The van der Waals surface area contributed by atoms with E-state index in [0.717, 1.165) is 5.56 Å². The van der Waals surface area contributed by atoms with Crippen LogP contribution in [0, 0.1) is 0 Å². The Kier molecular flexibility index (Phi) is 4.66. The number of ether oxygens (including phenoxy) is 1. The van der Waals surface area contributed by atoms with Crippen molar-refractivity contribution in [2.24, 2.45) is 0 Å². The molecule has 2 heterocycles. The Bertz CT molecular complexity index is 958. The number of hydrogen-bond acceptors (Lipinski definition) is 4. The molecular formula is C22H18N2O3. The van der Waals surface area contributed by atoms with E-state index in [2.05, 4.69) is 4.98 Å². The Labute approximate surface area is 157 Å². The number of carbonyl (C=O) groups is 2. The number of Topliss-reactive ketones (excluding diaryl/α,β-unsaturated/α-hetero) is 1. The average Bonchev–Trinajstić information content (AvgIpc) is 2.73. The van der Waals surface area contributed by atoms with Gasteiger partial charge in [-0.25, -0.2) is 0 Å². The van der Waals surface area contributed by atoms with Crippen LogP contribution in [0.4, 0.5) is 5.69 Å². The second kappa shape index (κ2) is 7.41. The monoisotopic (exact) mass is 358 g/mol. The van der Waals surface area contributed by atoms with E-state index in [1.165, 1.54) is 6.20 Å². The minimum atomic E-state index is -1.22. The number of anilines is 1. The van der Waals surface area contributed by atoms with E-state index in [1.54, 1.807) is 29.2 Å². The van der Waals surface area contributed by atoms with Crippen LogP contribution in [0.2, 0.25) is 0 Å². The largest absolute Gasteiger partial charge is 0.470 e. The highest BCUT2D eigenvalue weighted by Gasteiger charge is 2.39. The van der Waals surface area contributed by atoms with Gasteiger partial charge in [0.2, 0.25) is 11.9 Å². The van der Waals surface area contributed by atoms with Crippen LogP contribution in [0.3, 0.4) is 0 Å². The van der Waals surface area contributed by atoms with Crippen LogP contribution in [-0.4, -0.2) is 29.3 Å². The molecule has 0 N–H and O–H groups in total. The van der Waals surface area contributed by atoms with E-state index in [9.17, 15) is 9.59 Å². The number of hydrogen-bond donors (Lipinski definition) is 0. The summed E-state index contributed by atoms with van der Waals surface area (Å²) in [6, 6.07) is 22.3. The van der Waals surface area contributed by atoms with Crippen LogP contribution in [0.1, 0.15) is 16.1 Å². The van der Waals surface area contributed by atoms with Crippen LogP contribution in [0.25, 0.3) is 0 Å². The van der Waals surface area contributed by atoms with Gasteiger partial charge in [0.1, 0.15) is 11.4 Å². The number of nitrogens with zero attached hydrogens (tertiary/aromatic N) is 2. The number of benzene rings is 2. The molecule has 27 heavy (non-hydrogen) atoms. The van der Waals surface area contributed by atoms with Gasteiger partial charge in [-0.3, -0.25) is 14.6 Å². The summed E-state index contributed by atoms with van der Waals surface area (Å²) in [5.41, 5.74) is 2.03. The predicted molar refractivity (Wildman–Crippen MR) is 102 cm³/mol. The van der Waals surface area contributed by atoms with Crippen molar-refractivity contribution in [3.8, 4) is 5.75 Å². The van der Waals surface area contributed by atoms with E-state index < -0.39 is 11.9 Å². The molecule has 1 amide bonds. The molecule has 2 aromatic carbocycles. The lowest BCUT2D eigenvalue weighted by Crippen LogP contribution is -2.50. The Morgan fingerprint density at radius 1 is 0.963 bits per heavy atom. The third-order valence-electron chi connectivity index (χ3n) is 4.51. The third-order valence-corrected chi connectivity index (χ3v) is 4.51. The van der Waals surface area contributed by atoms with Crippen molar-refractivity contribution in [3.05, 3.63) is 90.3 Å². The van der Waals surface area contributed by atoms with E-state index >= 15 is 0 Å². The SMILES string of the molecule is O=C(c1ccccn1)C1Oc2ccccc2N(CCc2ccccc2)C1=O. The van der Waals surface area contributed by atoms with E-state index in [4.69, 9.17) is 4.74 Å². The number of para-hydroxylation sites is 2. The maximum atomic E-state index is 13.1. The van der Waals surface area contributed by atoms with E-state index in [-0.39, 0.29) is 11.6 Å². The quantitative estimate of drug-likeness (QED) is 0.519. The molecular weight excluding hydrogens is 340 g/mol. The van der Waals surface area contributed by atoms with Crippen molar-refractivity contribution in [1.29, 1.82) is 0 Å². The Hall–Kier alpha value is -3.47. The molecule has 1 aromatic heterocycles. The van der Waals surface area contributed by atoms with Gasteiger partial charge in [0.15, 0.2) is 0 Å². The maximum absolute atomic E-state index is 13.1. The summed E-state index contributed by atoms with van der Waals surface area (Å²) in [6.45, 7) is 0.467. The molecule has 4 rings (SSSR count). The molecule has 0 saturated carbocycles. The summed E-state index contributed by atoms with van der Waals surface area (Å²) in [5, 5.41) is 0. The second-order valence-electron chi connectivity index (χ2n) is 6.27. The number of ketones is 1. The van der Waals surface area contributed by atoms with Gasteiger partial charge in [-0.2, -0.15) is 0 Å². The van der Waals surface area contributed by atoms with Gasteiger partial charge in [0.25, 0.3) is 5.91 Å². The molecule has 1 atom stereocenters. The fourth-order valence-electron chi connectivity index (χ4n) is 3.14. The zero-order valence-corrected chi connectivity index (χ0v) is 14.6. The van der Waals surface area contributed by atoms with Crippen molar-refractivity contribution >= 4 is 17.4 Å². The fraction of sp³-hybridized carbons (Fsp3) is 0.136. The van der Waals surface area contributed by atoms with Crippen molar-refractivity contribution < 1.29 is 14.3 Å². The second-order valence-corrected chi connectivity index (χ2v) is 6.27. The summed E-state index contributed by atoms with van der Waals surface area (Å²) in [4.78, 5) is 31.6. The van der Waals surface area contributed by atoms with Gasteiger partial charge < -0.3 is 9.64 Å². The minimum Gasteiger partial charge on any atom is -0.470 e. The molecule has 0 saturated heterocycles. The zero-order chi connectivity index (χ0) is 18.6. The van der Waals surface area contributed by atoms with Crippen LogP contribution < -0.4 is 9.64 Å². The molecule has 1 aliphatic rings. The number of rotatable bonds is 5. The van der Waals surface area contributed by atoms with E-state index in [1.807, 2.05) is 48.5 Å². The van der Waals surface area contributed by atoms with Crippen LogP contribution >= 0.6 is 0 Å². The van der Waals surface area contributed by atoms with E-state index in [0.29, 0.717) is 24.4 Å². The number of aromatic nitrogens is 1. The Balaban J connectivity index is 1.63. The molecule has 0 aliphatic carbocycles. The maximum Gasteiger partial charge on any atom is 0.276 e. The third kappa shape index (κ3) is 3.44. The number of amides is 1.